The maximum atomic E-state index is 11.4. The molecule has 0 aliphatic rings. The van der Waals surface area contributed by atoms with Gasteiger partial charge in [-0.1, -0.05) is 0 Å². The molecule has 2 aromatic heterocycles. The largest absolute Gasteiger partial charge is 0.478 e. The minimum Gasteiger partial charge on any atom is -0.478 e. The van der Waals surface area contributed by atoms with E-state index in [0.717, 1.165) is 5.39 Å². The summed E-state index contributed by atoms with van der Waals surface area (Å²) >= 11 is 1.72. The molecule has 0 saturated carbocycles. The number of carboxylic acids is 1. The van der Waals surface area contributed by atoms with Crippen molar-refractivity contribution in [2.45, 2.75) is 18.6 Å². The molecule has 7 heteroatoms. The number of thioether (sulfide) groups is 1. The van der Waals surface area contributed by atoms with Gasteiger partial charge in [0.25, 0.3) is 0 Å². The van der Waals surface area contributed by atoms with Crippen molar-refractivity contribution in [2.75, 3.05) is 18.1 Å². The van der Waals surface area contributed by atoms with E-state index in [1.54, 1.807) is 29.7 Å². The van der Waals surface area contributed by atoms with Gasteiger partial charge in [-0.15, -0.1) is 0 Å². The molecular weight excluding hydrogens is 276 g/mol. The number of carboxylic acid groups (broad SMARTS) is 1. The van der Waals surface area contributed by atoms with Crippen LogP contribution in [0.2, 0.25) is 0 Å². The first-order valence-electron chi connectivity index (χ1n) is 6.19. The average molecular weight is 294 g/mol. The highest BCUT2D eigenvalue weighted by Gasteiger charge is 2.20. The Morgan fingerprint density at radius 1 is 1.50 bits per heavy atom. The van der Waals surface area contributed by atoms with Crippen LogP contribution < -0.4 is 5.32 Å². The molecule has 0 atom stereocenters. The smallest absolute Gasteiger partial charge is 0.339 e. The molecule has 0 spiro atoms. The topological polar surface area (TPSA) is 80.0 Å². The number of pyridine rings is 1. The molecule has 0 aliphatic heterocycles. The van der Waals surface area contributed by atoms with E-state index in [9.17, 15) is 9.90 Å². The number of aryl methyl sites for hydroxylation is 1. The minimum atomic E-state index is -0.993. The Hall–Kier alpha value is -1.76. The van der Waals surface area contributed by atoms with Crippen LogP contribution in [0.4, 0.5) is 5.69 Å². The number of aromatic nitrogens is 3. The maximum absolute atomic E-state index is 11.4. The lowest BCUT2D eigenvalue weighted by atomic mass is 10.1. The third kappa shape index (κ3) is 2.72. The van der Waals surface area contributed by atoms with E-state index in [1.165, 1.54) is 6.20 Å². The summed E-state index contributed by atoms with van der Waals surface area (Å²) in [5.74, 6) is -0.993. The zero-order valence-corrected chi connectivity index (χ0v) is 12.8. The van der Waals surface area contributed by atoms with Gasteiger partial charge < -0.3 is 10.4 Å². The van der Waals surface area contributed by atoms with Crippen molar-refractivity contribution >= 4 is 34.5 Å². The molecule has 20 heavy (non-hydrogen) atoms. The van der Waals surface area contributed by atoms with E-state index in [0.29, 0.717) is 17.9 Å². The van der Waals surface area contributed by atoms with E-state index < -0.39 is 5.97 Å². The van der Waals surface area contributed by atoms with E-state index in [4.69, 9.17) is 0 Å². The number of fused-ring (bicyclic) bond motifs is 1. The third-order valence-electron chi connectivity index (χ3n) is 3.24. The highest BCUT2D eigenvalue weighted by Crippen LogP contribution is 2.28. The first kappa shape index (κ1) is 14.6. The van der Waals surface area contributed by atoms with Crippen molar-refractivity contribution in [3.8, 4) is 0 Å². The fraction of sp³-hybridized carbons (Fsp3) is 0.462. The Labute approximate surface area is 121 Å². The second kappa shape index (κ2) is 5.32. The first-order chi connectivity index (χ1) is 9.35. The summed E-state index contributed by atoms with van der Waals surface area (Å²) in [6, 6.07) is 0. The van der Waals surface area contributed by atoms with E-state index >= 15 is 0 Å². The van der Waals surface area contributed by atoms with Crippen LogP contribution in [0.25, 0.3) is 11.0 Å². The van der Waals surface area contributed by atoms with Gasteiger partial charge in [0.15, 0.2) is 5.65 Å². The summed E-state index contributed by atoms with van der Waals surface area (Å²) in [6.45, 7) is 4.86. The van der Waals surface area contributed by atoms with Gasteiger partial charge in [0.2, 0.25) is 0 Å². The molecule has 0 radical (unpaired) electrons. The second-order valence-corrected chi connectivity index (χ2v) is 6.69. The van der Waals surface area contributed by atoms with Gasteiger partial charge in [-0.2, -0.15) is 16.9 Å². The van der Waals surface area contributed by atoms with Gasteiger partial charge in [-0.25, -0.2) is 9.78 Å². The summed E-state index contributed by atoms with van der Waals surface area (Å²) in [5.41, 5.74) is 1.42. The lowest BCUT2D eigenvalue weighted by molar-refractivity contribution is 0.0697. The lowest BCUT2D eigenvalue weighted by Crippen LogP contribution is -2.26. The Morgan fingerprint density at radius 2 is 2.20 bits per heavy atom. The number of hydrogen-bond acceptors (Lipinski definition) is 5. The predicted molar refractivity (Wildman–Crippen MR) is 81.6 cm³/mol. The molecule has 6 nitrogen and oxygen atoms in total. The molecule has 0 fully saturated rings. The van der Waals surface area contributed by atoms with Crippen LogP contribution in [0.1, 0.15) is 24.2 Å². The molecule has 0 aromatic carbocycles. The molecule has 2 N–H and O–H groups in total. The maximum Gasteiger partial charge on any atom is 0.339 e. The van der Waals surface area contributed by atoms with Crippen molar-refractivity contribution < 1.29 is 9.90 Å². The highest BCUT2D eigenvalue weighted by molar-refractivity contribution is 7.99. The summed E-state index contributed by atoms with van der Waals surface area (Å²) in [7, 11) is 1.78. The Bertz CT molecular complexity index is 651. The third-order valence-corrected chi connectivity index (χ3v) is 4.49. The SMILES string of the molecule is CSC(C)(C)CNc1c(C(=O)O)cnc2c1cnn2C. The zero-order chi connectivity index (χ0) is 14.9. The minimum absolute atomic E-state index is 0.00752. The Morgan fingerprint density at radius 3 is 2.80 bits per heavy atom. The van der Waals surface area contributed by atoms with Crippen LogP contribution in [0.5, 0.6) is 0 Å². The van der Waals surface area contributed by atoms with Gasteiger partial charge in [0.05, 0.1) is 17.3 Å². The summed E-state index contributed by atoms with van der Waals surface area (Å²) in [6.07, 6.45) is 5.05. The number of nitrogens with one attached hydrogen (secondary N) is 1. The molecule has 2 aromatic rings. The summed E-state index contributed by atoms with van der Waals surface area (Å²) in [4.78, 5) is 15.5. The Kier molecular flexibility index (Phi) is 3.89. The van der Waals surface area contributed by atoms with Crippen molar-refractivity contribution in [1.82, 2.24) is 14.8 Å². The molecular formula is C13H18N4O2S. The van der Waals surface area contributed by atoms with E-state index in [-0.39, 0.29) is 10.3 Å². The Balaban J connectivity index is 2.47. The fourth-order valence-electron chi connectivity index (χ4n) is 1.82. The van der Waals surface area contributed by atoms with Gasteiger partial charge in [-0.05, 0) is 20.1 Å². The van der Waals surface area contributed by atoms with E-state index in [1.807, 2.05) is 6.26 Å². The number of hydrogen-bond donors (Lipinski definition) is 2. The van der Waals surface area contributed by atoms with Crippen molar-refractivity contribution in [1.29, 1.82) is 0 Å². The number of rotatable bonds is 5. The molecule has 0 saturated heterocycles. The molecule has 0 amide bonds. The number of nitrogens with zero attached hydrogens (tertiary/aromatic N) is 3. The molecule has 2 rings (SSSR count). The normalized spacial score (nSPS) is 11.8. The number of carbonyl (C=O) groups is 1. The second-order valence-electron chi connectivity index (χ2n) is 5.17. The molecule has 0 unspecified atom stereocenters. The standard InChI is InChI=1S/C13H18N4O2S/c1-13(2,20-4)7-15-10-8-6-16-17(3)11(8)14-5-9(10)12(18)19/h5-6H,7H2,1-4H3,(H,14,15)(H,18,19). The van der Waals surface area contributed by atoms with E-state index in [2.05, 4.69) is 29.2 Å². The van der Waals surface area contributed by atoms with Crippen LogP contribution in [0, 0.1) is 0 Å². The van der Waals surface area contributed by atoms with Gasteiger partial charge >= 0.3 is 5.97 Å². The van der Waals surface area contributed by atoms with Crippen LogP contribution in [0.15, 0.2) is 12.4 Å². The predicted octanol–water partition coefficient (Wildman–Crippen LogP) is 2.22. The lowest BCUT2D eigenvalue weighted by Gasteiger charge is -2.23. The molecule has 108 valence electrons. The van der Waals surface area contributed by atoms with Crippen molar-refractivity contribution in [3.05, 3.63) is 18.0 Å². The molecule has 0 bridgehead atoms. The zero-order valence-electron chi connectivity index (χ0n) is 12.0. The molecule has 2 heterocycles. The van der Waals surface area contributed by atoms with Crippen LogP contribution in [0.3, 0.4) is 0 Å². The summed E-state index contributed by atoms with van der Waals surface area (Å²) in [5, 5.41) is 17.4. The van der Waals surface area contributed by atoms with Gasteiger partial charge in [-0.3, -0.25) is 4.68 Å². The molecule has 0 aliphatic carbocycles. The van der Waals surface area contributed by atoms with Crippen molar-refractivity contribution in [3.63, 3.8) is 0 Å². The quantitative estimate of drug-likeness (QED) is 0.880. The average Bonchev–Trinajstić information content (AvgIpc) is 2.78. The van der Waals surface area contributed by atoms with Crippen LogP contribution in [-0.4, -0.2) is 43.4 Å². The highest BCUT2D eigenvalue weighted by atomic mass is 32.2. The first-order valence-corrected chi connectivity index (χ1v) is 7.41. The number of aromatic carboxylic acids is 1. The van der Waals surface area contributed by atoms with Crippen LogP contribution in [-0.2, 0) is 7.05 Å². The fourth-order valence-corrected chi connectivity index (χ4v) is 2.04. The number of anilines is 1. The van der Waals surface area contributed by atoms with Crippen LogP contribution >= 0.6 is 11.8 Å². The summed E-state index contributed by atoms with van der Waals surface area (Å²) < 4.78 is 1.64. The van der Waals surface area contributed by atoms with Crippen molar-refractivity contribution in [2.24, 2.45) is 7.05 Å². The van der Waals surface area contributed by atoms with Gasteiger partial charge in [0.1, 0.15) is 5.56 Å². The monoisotopic (exact) mass is 294 g/mol. The van der Waals surface area contributed by atoms with Gasteiger partial charge in [0, 0.05) is 24.5 Å².